The number of rotatable bonds is 2. The van der Waals surface area contributed by atoms with Crippen LogP contribution in [0.25, 0.3) is 0 Å². The first-order valence-corrected chi connectivity index (χ1v) is 4.97. The molecule has 0 fully saturated rings. The van der Waals surface area contributed by atoms with Gasteiger partial charge in [-0.1, -0.05) is 11.6 Å². The van der Waals surface area contributed by atoms with Gasteiger partial charge in [0.05, 0.1) is 5.02 Å². The quantitative estimate of drug-likeness (QED) is 0.478. The number of benzene rings is 1. The first-order valence-electron chi connectivity index (χ1n) is 3.51. The topological polar surface area (TPSA) is 34.1 Å². The number of halogens is 2. The first kappa shape index (κ1) is 10.7. The van der Waals surface area contributed by atoms with Gasteiger partial charge in [-0.25, -0.2) is 0 Å². The van der Waals surface area contributed by atoms with Gasteiger partial charge in [0, 0.05) is 14.7 Å². The third kappa shape index (κ3) is 2.28. The number of carbonyl (C=O) groups is 2. The summed E-state index contributed by atoms with van der Waals surface area (Å²) in [6.45, 7) is 1.41. The van der Waals surface area contributed by atoms with Crippen molar-refractivity contribution in [2.24, 2.45) is 0 Å². The highest BCUT2D eigenvalue weighted by atomic mass is 127. The molecule has 0 aliphatic carbocycles. The Labute approximate surface area is 94.4 Å². The third-order valence-electron chi connectivity index (χ3n) is 1.59. The van der Waals surface area contributed by atoms with Gasteiger partial charge in [-0.2, -0.15) is 0 Å². The summed E-state index contributed by atoms with van der Waals surface area (Å²) in [7, 11) is 0. The summed E-state index contributed by atoms with van der Waals surface area (Å²) >= 11 is 7.84. The molecule has 0 heterocycles. The summed E-state index contributed by atoms with van der Waals surface area (Å²) in [6.07, 6.45) is 0.606. The first-order chi connectivity index (χ1) is 6.06. The van der Waals surface area contributed by atoms with Crippen molar-refractivity contribution in [2.75, 3.05) is 0 Å². The lowest BCUT2D eigenvalue weighted by atomic mass is 10.1. The number of hydrogen-bond acceptors (Lipinski definition) is 2. The van der Waals surface area contributed by atoms with E-state index in [0.717, 1.165) is 3.57 Å². The molecule has 0 unspecified atom stereocenters. The average molecular weight is 309 g/mol. The number of aldehydes is 1. The molecule has 13 heavy (non-hydrogen) atoms. The summed E-state index contributed by atoms with van der Waals surface area (Å²) in [4.78, 5) is 21.7. The molecule has 2 nitrogen and oxygen atoms in total. The van der Waals surface area contributed by atoms with Gasteiger partial charge in [0.1, 0.15) is 0 Å². The lowest BCUT2D eigenvalue weighted by molar-refractivity contribution is 0.100. The van der Waals surface area contributed by atoms with E-state index in [-0.39, 0.29) is 11.3 Å². The summed E-state index contributed by atoms with van der Waals surface area (Å²) in [5, 5.41) is 0.326. The van der Waals surface area contributed by atoms with Gasteiger partial charge in [0.15, 0.2) is 12.1 Å². The van der Waals surface area contributed by atoms with Crippen LogP contribution in [0.5, 0.6) is 0 Å². The maximum absolute atomic E-state index is 11.1. The van der Waals surface area contributed by atoms with Crippen molar-refractivity contribution in [2.45, 2.75) is 6.92 Å². The van der Waals surface area contributed by atoms with Crippen LogP contribution in [0.3, 0.4) is 0 Å². The molecule has 0 N–H and O–H groups in total. The van der Waals surface area contributed by atoms with E-state index in [1.54, 1.807) is 12.1 Å². The maximum Gasteiger partial charge on any atom is 0.160 e. The van der Waals surface area contributed by atoms with Crippen molar-refractivity contribution in [1.29, 1.82) is 0 Å². The standard InChI is InChI=1S/C9H6ClIO2/c1-5(13)7-2-6(11)3-9(10)8(7)4-12/h2-4H,1H3. The SMILES string of the molecule is CC(=O)c1cc(I)cc(Cl)c1C=O. The lowest BCUT2D eigenvalue weighted by Crippen LogP contribution is -2.00. The Morgan fingerprint density at radius 1 is 1.54 bits per heavy atom. The fraction of sp³-hybridized carbons (Fsp3) is 0.111. The normalized spacial score (nSPS) is 9.77. The third-order valence-corrected chi connectivity index (χ3v) is 2.53. The second-order valence-electron chi connectivity index (χ2n) is 2.52. The van der Waals surface area contributed by atoms with E-state index in [9.17, 15) is 9.59 Å². The molecule has 4 heteroatoms. The van der Waals surface area contributed by atoms with Gasteiger partial charge in [-0.3, -0.25) is 9.59 Å². The molecule has 0 amide bonds. The van der Waals surface area contributed by atoms with E-state index in [4.69, 9.17) is 11.6 Å². The molecule has 0 aromatic heterocycles. The predicted octanol–water partition coefficient (Wildman–Crippen LogP) is 2.96. The van der Waals surface area contributed by atoms with Crippen LogP contribution in [-0.4, -0.2) is 12.1 Å². The number of Topliss-reactive ketones (excluding diaryl/α,β-unsaturated/α-hetero) is 1. The molecule has 1 rings (SSSR count). The number of carbonyl (C=O) groups excluding carboxylic acids is 2. The Kier molecular flexibility index (Phi) is 3.44. The maximum atomic E-state index is 11.1. The minimum atomic E-state index is -0.150. The van der Waals surface area contributed by atoms with Crippen LogP contribution < -0.4 is 0 Å². The Hall–Kier alpha value is -0.420. The van der Waals surface area contributed by atoms with Gasteiger partial charge < -0.3 is 0 Å². The van der Waals surface area contributed by atoms with E-state index >= 15 is 0 Å². The lowest BCUT2D eigenvalue weighted by Gasteiger charge is -2.03. The molecular formula is C9H6ClIO2. The fourth-order valence-electron chi connectivity index (χ4n) is 0.996. The van der Waals surface area contributed by atoms with Gasteiger partial charge in [0.2, 0.25) is 0 Å². The molecular weight excluding hydrogens is 302 g/mol. The van der Waals surface area contributed by atoms with Crippen molar-refractivity contribution < 1.29 is 9.59 Å². The summed E-state index contributed by atoms with van der Waals surface area (Å²) in [6, 6.07) is 3.30. The van der Waals surface area contributed by atoms with Crippen LogP contribution in [0, 0.1) is 3.57 Å². The highest BCUT2D eigenvalue weighted by Gasteiger charge is 2.11. The van der Waals surface area contributed by atoms with E-state index in [2.05, 4.69) is 0 Å². The van der Waals surface area contributed by atoms with E-state index in [1.807, 2.05) is 22.6 Å². The molecule has 0 saturated heterocycles. The number of hydrogen-bond donors (Lipinski definition) is 0. The highest BCUT2D eigenvalue weighted by molar-refractivity contribution is 14.1. The molecule has 1 aromatic carbocycles. The average Bonchev–Trinajstić information content (AvgIpc) is 2.02. The zero-order valence-corrected chi connectivity index (χ0v) is 9.72. The second-order valence-corrected chi connectivity index (χ2v) is 4.18. The summed E-state index contributed by atoms with van der Waals surface area (Å²) in [5.74, 6) is -0.150. The molecule has 0 atom stereocenters. The second kappa shape index (κ2) is 4.19. The Bertz CT molecular complexity index is 374. The summed E-state index contributed by atoms with van der Waals surface area (Å²) in [5.41, 5.74) is 0.654. The van der Waals surface area contributed by atoms with Crippen LogP contribution in [-0.2, 0) is 0 Å². The van der Waals surface area contributed by atoms with Crippen LogP contribution in [0.15, 0.2) is 12.1 Å². The zero-order chi connectivity index (χ0) is 10.0. The van der Waals surface area contributed by atoms with Crippen LogP contribution in [0.2, 0.25) is 5.02 Å². The largest absolute Gasteiger partial charge is 0.298 e. The molecule has 0 bridgehead atoms. The monoisotopic (exact) mass is 308 g/mol. The van der Waals surface area contributed by atoms with Gasteiger partial charge in [0.25, 0.3) is 0 Å². The zero-order valence-electron chi connectivity index (χ0n) is 6.80. The van der Waals surface area contributed by atoms with Crippen molar-refractivity contribution in [1.82, 2.24) is 0 Å². The van der Waals surface area contributed by atoms with Crippen molar-refractivity contribution >= 4 is 46.3 Å². The molecule has 1 aromatic rings. The van der Waals surface area contributed by atoms with Crippen LogP contribution >= 0.6 is 34.2 Å². The Morgan fingerprint density at radius 3 is 2.62 bits per heavy atom. The number of ketones is 1. The summed E-state index contributed by atoms with van der Waals surface area (Å²) < 4.78 is 0.846. The van der Waals surface area contributed by atoms with Crippen molar-refractivity contribution in [3.05, 3.63) is 31.9 Å². The van der Waals surface area contributed by atoms with Crippen LogP contribution in [0.4, 0.5) is 0 Å². The molecule has 0 spiro atoms. The van der Waals surface area contributed by atoms with Crippen molar-refractivity contribution in [3.8, 4) is 0 Å². The van der Waals surface area contributed by atoms with Gasteiger partial charge >= 0.3 is 0 Å². The highest BCUT2D eigenvalue weighted by Crippen LogP contribution is 2.22. The molecule has 0 aliphatic heterocycles. The smallest absolute Gasteiger partial charge is 0.160 e. The Morgan fingerprint density at radius 2 is 2.15 bits per heavy atom. The van der Waals surface area contributed by atoms with Crippen LogP contribution in [0.1, 0.15) is 27.6 Å². The molecule has 68 valence electrons. The van der Waals surface area contributed by atoms with E-state index in [0.29, 0.717) is 16.9 Å². The predicted molar refractivity (Wildman–Crippen MR) is 59.6 cm³/mol. The Balaban J connectivity index is 3.46. The molecule has 0 aliphatic rings. The van der Waals surface area contributed by atoms with Gasteiger partial charge in [-0.15, -0.1) is 0 Å². The van der Waals surface area contributed by atoms with E-state index in [1.165, 1.54) is 6.92 Å². The van der Waals surface area contributed by atoms with Crippen molar-refractivity contribution in [3.63, 3.8) is 0 Å². The minimum Gasteiger partial charge on any atom is -0.298 e. The minimum absolute atomic E-state index is 0.150. The fourth-order valence-corrected chi connectivity index (χ4v) is 2.07. The van der Waals surface area contributed by atoms with Gasteiger partial charge in [-0.05, 0) is 41.6 Å². The molecule has 0 radical (unpaired) electrons. The molecule has 0 saturated carbocycles. The van der Waals surface area contributed by atoms with E-state index < -0.39 is 0 Å².